The van der Waals surface area contributed by atoms with Crippen molar-refractivity contribution in [3.63, 3.8) is 0 Å². The van der Waals surface area contributed by atoms with E-state index in [0.717, 1.165) is 0 Å². The number of hydrogen-bond donors (Lipinski definition) is 3. The quantitative estimate of drug-likeness (QED) is 0.329. The molecule has 0 atom stereocenters. The van der Waals surface area contributed by atoms with E-state index in [9.17, 15) is 18.0 Å². The standard InChI is InChI=1S/C24H23F3N6O3/c1-23(2,3)33-20(34)13-35-16-6-4-5-14(9-16)21-31-19-8-7-17(36-24(25,26)27)10-18(19)22(32-21)30-15-11-28-29-12-15/h4-12H,13H2,1-3H3,(H,28,29)(H,33,34)(H,30,31,32). The summed E-state index contributed by atoms with van der Waals surface area (Å²) in [6, 6.07) is 10.7. The van der Waals surface area contributed by atoms with Gasteiger partial charge in [0.2, 0.25) is 0 Å². The molecule has 0 bridgehead atoms. The van der Waals surface area contributed by atoms with Crippen molar-refractivity contribution in [2.24, 2.45) is 0 Å². The molecule has 0 aliphatic carbocycles. The van der Waals surface area contributed by atoms with Crippen molar-refractivity contribution in [1.82, 2.24) is 25.5 Å². The zero-order valence-electron chi connectivity index (χ0n) is 19.6. The Morgan fingerprint density at radius 3 is 2.56 bits per heavy atom. The van der Waals surface area contributed by atoms with Crippen molar-refractivity contribution in [2.75, 3.05) is 11.9 Å². The zero-order valence-corrected chi connectivity index (χ0v) is 19.6. The number of aromatic nitrogens is 4. The molecule has 0 aliphatic heterocycles. The Hall–Kier alpha value is -4.35. The number of H-pyrrole nitrogens is 1. The van der Waals surface area contributed by atoms with Crippen LogP contribution < -0.4 is 20.1 Å². The molecule has 4 aromatic rings. The Morgan fingerprint density at radius 2 is 1.86 bits per heavy atom. The van der Waals surface area contributed by atoms with Gasteiger partial charge in [0.15, 0.2) is 12.4 Å². The van der Waals surface area contributed by atoms with Crippen LogP contribution in [0.15, 0.2) is 54.9 Å². The van der Waals surface area contributed by atoms with Crippen LogP contribution in [0.1, 0.15) is 20.8 Å². The lowest BCUT2D eigenvalue weighted by atomic mass is 10.1. The third-order valence-corrected chi connectivity index (χ3v) is 4.64. The molecule has 0 saturated heterocycles. The van der Waals surface area contributed by atoms with Gasteiger partial charge in [0, 0.05) is 22.7 Å². The Kier molecular flexibility index (Phi) is 6.69. The molecule has 0 fully saturated rings. The maximum Gasteiger partial charge on any atom is 0.573 e. The Labute approximate surface area is 204 Å². The van der Waals surface area contributed by atoms with Crippen molar-refractivity contribution < 1.29 is 27.4 Å². The predicted molar refractivity (Wildman–Crippen MR) is 127 cm³/mol. The number of nitrogens with one attached hydrogen (secondary N) is 3. The molecule has 9 nitrogen and oxygen atoms in total. The third-order valence-electron chi connectivity index (χ3n) is 4.64. The Balaban J connectivity index is 1.67. The summed E-state index contributed by atoms with van der Waals surface area (Å²) in [5.41, 5.74) is 1.13. The lowest BCUT2D eigenvalue weighted by molar-refractivity contribution is -0.274. The normalized spacial score (nSPS) is 11.8. The topological polar surface area (TPSA) is 114 Å². The monoisotopic (exact) mass is 500 g/mol. The summed E-state index contributed by atoms with van der Waals surface area (Å²) >= 11 is 0. The van der Waals surface area contributed by atoms with Crippen molar-refractivity contribution in [3.8, 4) is 22.9 Å². The summed E-state index contributed by atoms with van der Waals surface area (Å²) < 4.78 is 47.9. The third kappa shape index (κ3) is 6.62. The van der Waals surface area contributed by atoms with Gasteiger partial charge in [-0.1, -0.05) is 12.1 Å². The summed E-state index contributed by atoms with van der Waals surface area (Å²) in [4.78, 5) is 21.1. The first-order valence-electron chi connectivity index (χ1n) is 10.8. The molecule has 2 aromatic carbocycles. The van der Waals surface area contributed by atoms with Crippen molar-refractivity contribution in [3.05, 3.63) is 54.9 Å². The molecule has 0 saturated carbocycles. The second kappa shape index (κ2) is 9.72. The van der Waals surface area contributed by atoms with E-state index < -0.39 is 12.1 Å². The van der Waals surface area contributed by atoms with Crippen LogP contribution in [0.3, 0.4) is 0 Å². The fourth-order valence-corrected chi connectivity index (χ4v) is 3.31. The van der Waals surface area contributed by atoms with Gasteiger partial charge in [0.25, 0.3) is 5.91 Å². The number of halogens is 3. The number of nitrogens with zero attached hydrogens (tertiary/aromatic N) is 3. The highest BCUT2D eigenvalue weighted by Crippen LogP contribution is 2.32. The fraction of sp³-hybridized carbons (Fsp3) is 0.250. The second-order valence-corrected chi connectivity index (χ2v) is 8.85. The highest BCUT2D eigenvalue weighted by molar-refractivity contribution is 5.93. The average molecular weight is 500 g/mol. The highest BCUT2D eigenvalue weighted by atomic mass is 19.4. The van der Waals surface area contributed by atoms with Gasteiger partial charge in [-0.25, -0.2) is 9.97 Å². The summed E-state index contributed by atoms with van der Waals surface area (Å²) in [7, 11) is 0. The number of aromatic amines is 1. The van der Waals surface area contributed by atoms with Crippen LogP contribution in [0.25, 0.3) is 22.3 Å². The second-order valence-electron chi connectivity index (χ2n) is 8.85. The number of anilines is 2. The maximum atomic E-state index is 12.7. The van der Waals surface area contributed by atoms with Crippen LogP contribution in [0.5, 0.6) is 11.5 Å². The number of hydrogen-bond acceptors (Lipinski definition) is 7. The fourth-order valence-electron chi connectivity index (χ4n) is 3.31. The number of benzene rings is 2. The number of ether oxygens (including phenoxy) is 2. The Morgan fingerprint density at radius 1 is 1.06 bits per heavy atom. The number of alkyl halides is 3. The van der Waals surface area contributed by atoms with Crippen LogP contribution in [0, 0.1) is 0 Å². The first-order valence-corrected chi connectivity index (χ1v) is 10.8. The van der Waals surface area contributed by atoms with E-state index in [2.05, 4.69) is 35.5 Å². The van der Waals surface area contributed by atoms with Gasteiger partial charge >= 0.3 is 6.36 Å². The van der Waals surface area contributed by atoms with Crippen LogP contribution in [0.2, 0.25) is 0 Å². The van der Waals surface area contributed by atoms with Crippen LogP contribution in [0.4, 0.5) is 24.7 Å². The van der Waals surface area contributed by atoms with E-state index in [4.69, 9.17) is 4.74 Å². The van der Waals surface area contributed by atoms with Gasteiger partial charge in [0.05, 0.1) is 17.4 Å². The van der Waals surface area contributed by atoms with Gasteiger partial charge in [-0.2, -0.15) is 5.10 Å². The zero-order chi connectivity index (χ0) is 25.9. The maximum absolute atomic E-state index is 12.7. The predicted octanol–water partition coefficient (Wildman–Crippen LogP) is 4.96. The number of amides is 1. The Bertz CT molecular complexity index is 1370. The van der Waals surface area contributed by atoms with Crippen LogP contribution in [-0.2, 0) is 4.79 Å². The molecule has 0 radical (unpaired) electrons. The molecule has 2 aromatic heterocycles. The summed E-state index contributed by atoms with van der Waals surface area (Å²) in [6.45, 7) is 5.44. The summed E-state index contributed by atoms with van der Waals surface area (Å²) in [5, 5.41) is 12.7. The number of carbonyl (C=O) groups excluding carboxylic acids is 1. The molecule has 12 heteroatoms. The highest BCUT2D eigenvalue weighted by Gasteiger charge is 2.31. The van der Waals surface area contributed by atoms with E-state index in [-0.39, 0.29) is 23.9 Å². The molecule has 2 heterocycles. The van der Waals surface area contributed by atoms with Crippen LogP contribution in [-0.4, -0.2) is 44.6 Å². The minimum Gasteiger partial charge on any atom is -0.484 e. The first-order chi connectivity index (χ1) is 16.9. The molecule has 0 unspecified atom stereocenters. The smallest absolute Gasteiger partial charge is 0.484 e. The number of carbonyl (C=O) groups is 1. The van der Waals surface area contributed by atoms with E-state index in [1.165, 1.54) is 24.4 Å². The molecule has 188 valence electrons. The van der Waals surface area contributed by atoms with Gasteiger partial charge < -0.3 is 20.1 Å². The van der Waals surface area contributed by atoms with Crippen molar-refractivity contribution in [1.29, 1.82) is 0 Å². The largest absolute Gasteiger partial charge is 0.573 e. The molecule has 0 spiro atoms. The van der Waals surface area contributed by atoms with E-state index in [1.807, 2.05) is 20.8 Å². The van der Waals surface area contributed by atoms with Gasteiger partial charge in [0.1, 0.15) is 17.3 Å². The molecular formula is C24H23F3N6O3. The number of fused-ring (bicyclic) bond motifs is 1. The van der Waals surface area contributed by atoms with E-state index in [1.54, 1.807) is 30.5 Å². The summed E-state index contributed by atoms with van der Waals surface area (Å²) in [5.74, 6) is 0.310. The minimum atomic E-state index is -4.84. The minimum absolute atomic E-state index is 0.172. The molecule has 3 N–H and O–H groups in total. The molecule has 36 heavy (non-hydrogen) atoms. The molecule has 0 aliphatic rings. The first kappa shape index (κ1) is 24.8. The van der Waals surface area contributed by atoms with Crippen molar-refractivity contribution >= 4 is 28.3 Å². The average Bonchev–Trinajstić information content (AvgIpc) is 3.29. The van der Waals surface area contributed by atoms with E-state index >= 15 is 0 Å². The number of rotatable bonds is 7. The lowest BCUT2D eigenvalue weighted by Crippen LogP contribution is -2.43. The lowest BCUT2D eigenvalue weighted by Gasteiger charge is -2.20. The molecule has 4 rings (SSSR count). The van der Waals surface area contributed by atoms with Crippen molar-refractivity contribution in [2.45, 2.75) is 32.7 Å². The van der Waals surface area contributed by atoms with Gasteiger partial charge in [-0.15, -0.1) is 13.2 Å². The molecule has 1 amide bonds. The van der Waals surface area contributed by atoms with Crippen LogP contribution >= 0.6 is 0 Å². The summed E-state index contributed by atoms with van der Waals surface area (Å²) in [6.07, 6.45) is -1.77. The van der Waals surface area contributed by atoms with Gasteiger partial charge in [-0.3, -0.25) is 9.89 Å². The molecular weight excluding hydrogens is 477 g/mol. The SMILES string of the molecule is CC(C)(C)NC(=O)COc1cccc(-c2nc(Nc3cn[nH]c3)c3cc(OC(F)(F)F)ccc3n2)c1. The van der Waals surface area contributed by atoms with Gasteiger partial charge in [-0.05, 0) is 51.1 Å². The van der Waals surface area contributed by atoms with E-state index in [0.29, 0.717) is 33.7 Å².